The number of aryl methyl sites for hydroxylation is 2. The number of para-hydroxylation sites is 1. The average Bonchev–Trinajstić information content (AvgIpc) is 2.95. The van der Waals surface area contributed by atoms with E-state index in [4.69, 9.17) is 9.26 Å². The molecule has 1 saturated carbocycles. The van der Waals surface area contributed by atoms with Crippen molar-refractivity contribution in [2.45, 2.75) is 59.6 Å². The molecule has 5 heteroatoms. The van der Waals surface area contributed by atoms with Gasteiger partial charge < -0.3 is 14.6 Å². The zero-order chi connectivity index (χ0) is 18.7. The van der Waals surface area contributed by atoms with Crippen LogP contribution in [0.4, 0.5) is 0 Å². The molecule has 2 aromatic rings. The van der Waals surface area contributed by atoms with E-state index >= 15 is 0 Å². The standard InChI is InChI=1S/C21H28N2O3/c1-13-8-7-10-19(14(13)2)22-21(24)17-9-5-6-11-20(17)25-12-18-15(3)23-26-16(18)4/h5-6,9,11,13-14,19H,7-8,10,12H2,1-4H3,(H,22,24). The third-order valence-corrected chi connectivity index (χ3v) is 5.71. The molecule has 1 N–H and O–H groups in total. The van der Waals surface area contributed by atoms with Crippen molar-refractivity contribution in [3.05, 3.63) is 46.8 Å². The summed E-state index contributed by atoms with van der Waals surface area (Å²) in [5.74, 6) is 2.39. The number of ether oxygens (including phenoxy) is 1. The topological polar surface area (TPSA) is 64.4 Å². The second-order valence-electron chi connectivity index (χ2n) is 7.43. The zero-order valence-corrected chi connectivity index (χ0v) is 16.0. The predicted molar refractivity (Wildman–Crippen MR) is 100 cm³/mol. The SMILES string of the molecule is Cc1noc(C)c1COc1ccccc1C(=O)NC1CCCC(C)C1C. The minimum absolute atomic E-state index is 0.0645. The summed E-state index contributed by atoms with van der Waals surface area (Å²) >= 11 is 0. The fourth-order valence-electron chi connectivity index (χ4n) is 3.67. The Balaban J connectivity index is 1.71. The number of benzene rings is 1. The summed E-state index contributed by atoms with van der Waals surface area (Å²) < 4.78 is 11.1. The van der Waals surface area contributed by atoms with Gasteiger partial charge in [0.2, 0.25) is 0 Å². The molecule has 1 aliphatic rings. The van der Waals surface area contributed by atoms with Crippen molar-refractivity contribution in [2.75, 3.05) is 0 Å². The summed E-state index contributed by atoms with van der Waals surface area (Å²) in [4.78, 5) is 12.9. The highest BCUT2D eigenvalue weighted by molar-refractivity contribution is 5.97. The van der Waals surface area contributed by atoms with Gasteiger partial charge in [-0.2, -0.15) is 0 Å². The third-order valence-electron chi connectivity index (χ3n) is 5.71. The maximum absolute atomic E-state index is 12.9. The molecule has 5 nitrogen and oxygen atoms in total. The lowest BCUT2D eigenvalue weighted by molar-refractivity contribution is 0.0886. The molecule has 26 heavy (non-hydrogen) atoms. The number of hydrogen-bond donors (Lipinski definition) is 1. The average molecular weight is 356 g/mol. The first-order valence-corrected chi connectivity index (χ1v) is 9.41. The summed E-state index contributed by atoms with van der Waals surface area (Å²) in [5, 5.41) is 7.17. The van der Waals surface area contributed by atoms with Gasteiger partial charge in [-0.15, -0.1) is 0 Å². The molecule has 1 aromatic heterocycles. The predicted octanol–water partition coefficient (Wildman–Crippen LogP) is 4.42. The van der Waals surface area contributed by atoms with Crippen LogP contribution in [0.1, 0.15) is 60.5 Å². The van der Waals surface area contributed by atoms with Crippen LogP contribution >= 0.6 is 0 Å². The monoisotopic (exact) mass is 356 g/mol. The van der Waals surface area contributed by atoms with Crippen molar-refractivity contribution in [1.82, 2.24) is 10.5 Å². The second-order valence-corrected chi connectivity index (χ2v) is 7.43. The summed E-state index contributed by atoms with van der Waals surface area (Å²) in [6.45, 7) is 8.59. The number of rotatable bonds is 5. The summed E-state index contributed by atoms with van der Waals surface area (Å²) in [5.41, 5.74) is 2.31. The zero-order valence-electron chi connectivity index (χ0n) is 16.0. The molecule has 1 heterocycles. The Morgan fingerprint density at radius 3 is 2.77 bits per heavy atom. The minimum atomic E-state index is -0.0645. The number of nitrogens with zero attached hydrogens (tertiary/aromatic N) is 1. The number of amides is 1. The Bertz CT molecular complexity index is 749. The smallest absolute Gasteiger partial charge is 0.255 e. The van der Waals surface area contributed by atoms with Crippen LogP contribution in [-0.2, 0) is 6.61 Å². The molecule has 0 spiro atoms. The van der Waals surface area contributed by atoms with Crippen molar-refractivity contribution in [1.29, 1.82) is 0 Å². The number of carbonyl (C=O) groups is 1. The summed E-state index contributed by atoms with van der Waals surface area (Å²) in [7, 11) is 0. The summed E-state index contributed by atoms with van der Waals surface area (Å²) in [6.07, 6.45) is 3.45. The first-order valence-electron chi connectivity index (χ1n) is 9.41. The highest BCUT2D eigenvalue weighted by Gasteiger charge is 2.29. The molecule has 140 valence electrons. The second kappa shape index (κ2) is 7.94. The Morgan fingerprint density at radius 2 is 2.04 bits per heavy atom. The van der Waals surface area contributed by atoms with Gasteiger partial charge in [-0.25, -0.2) is 0 Å². The van der Waals surface area contributed by atoms with Gasteiger partial charge in [-0.3, -0.25) is 4.79 Å². The highest BCUT2D eigenvalue weighted by Crippen LogP contribution is 2.30. The number of aromatic nitrogens is 1. The van der Waals surface area contributed by atoms with Gasteiger partial charge in [0, 0.05) is 6.04 Å². The quantitative estimate of drug-likeness (QED) is 0.861. The number of carbonyl (C=O) groups excluding carboxylic acids is 1. The van der Waals surface area contributed by atoms with Crippen LogP contribution in [0, 0.1) is 25.7 Å². The van der Waals surface area contributed by atoms with Gasteiger partial charge in [0.25, 0.3) is 5.91 Å². The fraction of sp³-hybridized carbons (Fsp3) is 0.524. The van der Waals surface area contributed by atoms with Crippen molar-refractivity contribution in [3.63, 3.8) is 0 Å². The minimum Gasteiger partial charge on any atom is -0.488 e. The summed E-state index contributed by atoms with van der Waals surface area (Å²) in [6, 6.07) is 7.62. The van der Waals surface area contributed by atoms with Crippen molar-refractivity contribution in [3.8, 4) is 5.75 Å². The van der Waals surface area contributed by atoms with E-state index in [-0.39, 0.29) is 11.9 Å². The van der Waals surface area contributed by atoms with Gasteiger partial charge in [0.15, 0.2) is 0 Å². The lowest BCUT2D eigenvalue weighted by atomic mass is 9.78. The van der Waals surface area contributed by atoms with Crippen LogP contribution in [0.5, 0.6) is 5.75 Å². The van der Waals surface area contributed by atoms with Gasteiger partial charge in [0.05, 0.1) is 16.8 Å². The molecule has 1 aromatic carbocycles. The van der Waals surface area contributed by atoms with E-state index < -0.39 is 0 Å². The molecule has 3 unspecified atom stereocenters. The molecule has 1 aliphatic carbocycles. The lowest BCUT2D eigenvalue weighted by Crippen LogP contribution is -2.43. The van der Waals surface area contributed by atoms with Crippen molar-refractivity contribution < 1.29 is 14.1 Å². The van der Waals surface area contributed by atoms with E-state index in [0.29, 0.717) is 29.8 Å². The fourth-order valence-corrected chi connectivity index (χ4v) is 3.67. The lowest BCUT2D eigenvalue weighted by Gasteiger charge is -2.34. The normalized spacial score (nSPS) is 22.8. The largest absolute Gasteiger partial charge is 0.488 e. The molecule has 3 atom stereocenters. The maximum Gasteiger partial charge on any atom is 0.255 e. The maximum atomic E-state index is 12.9. The van der Waals surface area contributed by atoms with Crippen LogP contribution in [-0.4, -0.2) is 17.1 Å². The molecule has 0 bridgehead atoms. The van der Waals surface area contributed by atoms with Gasteiger partial charge in [-0.1, -0.05) is 44.0 Å². The van der Waals surface area contributed by atoms with Crippen LogP contribution in [0.2, 0.25) is 0 Å². The van der Waals surface area contributed by atoms with Crippen LogP contribution in [0.3, 0.4) is 0 Å². The van der Waals surface area contributed by atoms with Crippen molar-refractivity contribution >= 4 is 5.91 Å². The van der Waals surface area contributed by atoms with Gasteiger partial charge in [-0.05, 0) is 44.2 Å². The van der Waals surface area contributed by atoms with E-state index in [1.54, 1.807) is 0 Å². The van der Waals surface area contributed by atoms with Crippen LogP contribution < -0.4 is 10.1 Å². The molecular weight excluding hydrogens is 328 g/mol. The molecule has 1 amide bonds. The Hall–Kier alpha value is -2.30. The number of nitrogens with one attached hydrogen (secondary N) is 1. The van der Waals surface area contributed by atoms with E-state index in [0.717, 1.165) is 23.4 Å². The Kier molecular flexibility index (Phi) is 5.64. The first kappa shape index (κ1) is 18.5. The third kappa shape index (κ3) is 3.92. The van der Waals surface area contributed by atoms with Gasteiger partial charge >= 0.3 is 0 Å². The molecule has 0 saturated heterocycles. The Labute approximate surface area is 155 Å². The van der Waals surface area contributed by atoms with Crippen LogP contribution in [0.25, 0.3) is 0 Å². The molecule has 1 fully saturated rings. The first-order chi connectivity index (χ1) is 12.5. The molecule has 3 rings (SSSR count). The molecule has 0 aliphatic heterocycles. The highest BCUT2D eigenvalue weighted by atomic mass is 16.5. The van der Waals surface area contributed by atoms with Crippen molar-refractivity contribution in [2.24, 2.45) is 11.8 Å². The van der Waals surface area contributed by atoms with Gasteiger partial charge in [0.1, 0.15) is 18.1 Å². The van der Waals surface area contributed by atoms with E-state index in [9.17, 15) is 4.79 Å². The molecular formula is C21H28N2O3. The van der Waals surface area contributed by atoms with Crippen LogP contribution in [0.15, 0.2) is 28.8 Å². The van der Waals surface area contributed by atoms with E-state index in [2.05, 4.69) is 24.3 Å². The Morgan fingerprint density at radius 1 is 1.27 bits per heavy atom. The molecule has 0 radical (unpaired) electrons. The van der Waals surface area contributed by atoms with E-state index in [1.807, 2.05) is 38.1 Å². The number of hydrogen-bond acceptors (Lipinski definition) is 4. The van der Waals surface area contributed by atoms with E-state index in [1.165, 1.54) is 12.8 Å².